The molecule has 1 aromatic rings. The van der Waals surface area contributed by atoms with Gasteiger partial charge in [-0.1, -0.05) is 12.1 Å². The molecular weight excluding hydrogens is 233 g/mol. The SMILES string of the molecule is CNCC(=O)N1CCN(c2ccccc2F)CC1. The molecule has 1 fully saturated rings. The number of amides is 1. The third kappa shape index (κ3) is 2.79. The zero-order valence-corrected chi connectivity index (χ0v) is 10.5. The number of likely N-dealkylation sites (N-methyl/N-ethyl adjacent to an activating group) is 1. The third-order valence-corrected chi connectivity index (χ3v) is 3.15. The maximum absolute atomic E-state index is 13.6. The van der Waals surface area contributed by atoms with E-state index in [1.165, 1.54) is 6.07 Å². The lowest BCUT2D eigenvalue weighted by Crippen LogP contribution is -2.50. The predicted molar refractivity (Wildman–Crippen MR) is 69.1 cm³/mol. The summed E-state index contributed by atoms with van der Waals surface area (Å²) >= 11 is 0. The molecule has 1 amide bonds. The molecule has 0 aliphatic carbocycles. The van der Waals surface area contributed by atoms with Crippen LogP contribution < -0.4 is 10.2 Å². The van der Waals surface area contributed by atoms with Crippen LogP contribution in [-0.2, 0) is 4.79 Å². The van der Waals surface area contributed by atoms with E-state index >= 15 is 0 Å². The Morgan fingerprint density at radius 2 is 1.94 bits per heavy atom. The summed E-state index contributed by atoms with van der Waals surface area (Å²) in [6.07, 6.45) is 0. The van der Waals surface area contributed by atoms with Crippen molar-refractivity contribution >= 4 is 11.6 Å². The van der Waals surface area contributed by atoms with E-state index in [4.69, 9.17) is 0 Å². The molecule has 1 aromatic carbocycles. The van der Waals surface area contributed by atoms with Crippen LogP contribution in [0.4, 0.5) is 10.1 Å². The molecule has 18 heavy (non-hydrogen) atoms. The summed E-state index contributed by atoms with van der Waals surface area (Å²) in [5.74, 6) is -0.0989. The zero-order chi connectivity index (χ0) is 13.0. The standard InChI is InChI=1S/C13H18FN3O/c1-15-10-13(18)17-8-6-16(7-9-17)12-5-3-2-4-11(12)14/h2-5,15H,6-10H2,1H3. The van der Waals surface area contributed by atoms with Crippen LogP contribution in [0.5, 0.6) is 0 Å². The summed E-state index contributed by atoms with van der Waals surface area (Å²) in [5, 5.41) is 2.85. The average molecular weight is 251 g/mol. The van der Waals surface area contributed by atoms with Gasteiger partial charge in [0.15, 0.2) is 0 Å². The van der Waals surface area contributed by atoms with Gasteiger partial charge < -0.3 is 15.1 Å². The summed E-state index contributed by atoms with van der Waals surface area (Å²) in [7, 11) is 1.76. The highest BCUT2D eigenvalue weighted by molar-refractivity contribution is 5.78. The number of carbonyl (C=O) groups is 1. The van der Waals surface area contributed by atoms with Gasteiger partial charge in [0, 0.05) is 26.2 Å². The summed E-state index contributed by atoms with van der Waals surface area (Å²) in [6, 6.07) is 6.76. The minimum Gasteiger partial charge on any atom is -0.366 e. The maximum atomic E-state index is 13.6. The van der Waals surface area contributed by atoms with Crippen molar-refractivity contribution in [2.24, 2.45) is 0 Å². The normalized spacial score (nSPS) is 15.9. The van der Waals surface area contributed by atoms with Crippen molar-refractivity contribution in [1.29, 1.82) is 0 Å². The molecule has 0 atom stereocenters. The van der Waals surface area contributed by atoms with Gasteiger partial charge in [-0.2, -0.15) is 0 Å². The molecule has 0 aromatic heterocycles. The topological polar surface area (TPSA) is 35.6 Å². The first kappa shape index (κ1) is 12.8. The Labute approximate surface area is 106 Å². The molecule has 1 N–H and O–H groups in total. The van der Waals surface area contributed by atoms with Gasteiger partial charge in [-0.05, 0) is 19.2 Å². The molecule has 0 bridgehead atoms. The van der Waals surface area contributed by atoms with Crippen molar-refractivity contribution in [2.45, 2.75) is 0 Å². The Hall–Kier alpha value is -1.62. The molecule has 1 aliphatic heterocycles. The van der Waals surface area contributed by atoms with Crippen LogP contribution in [0, 0.1) is 5.82 Å². The number of hydrogen-bond donors (Lipinski definition) is 1. The smallest absolute Gasteiger partial charge is 0.236 e. The fourth-order valence-electron chi connectivity index (χ4n) is 2.17. The van der Waals surface area contributed by atoms with Gasteiger partial charge in [-0.25, -0.2) is 4.39 Å². The maximum Gasteiger partial charge on any atom is 0.236 e. The van der Waals surface area contributed by atoms with Gasteiger partial charge in [0.2, 0.25) is 5.91 Å². The van der Waals surface area contributed by atoms with E-state index in [0.717, 1.165) is 0 Å². The predicted octanol–water partition coefficient (Wildman–Crippen LogP) is 0.694. The summed E-state index contributed by atoms with van der Waals surface area (Å²) in [5.41, 5.74) is 0.623. The minimum absolute atomic E-state index is 0.102. The Morgan fingerprint density at radius 3 is 2.56 bits per heavy atom. The number of halogens is 1. The van der Waals surface area contributed by atoms with Crippen molar-refractivity contribution < 1.29 is 9.18 Å². The number of nitrogens with zero attached hydrogens (tertiary/aromatic N) is 2. The average Bonchev–Trinajstić information content (AvgIpc) is 2.40. The molecule has 0 unspecified atom stereocenters. The van der Waals surface area contributed by atoms with E-state index in [1.807, 2.05) is 15.9 Å². The first-order chi connectivity index (χ1) is 8.72. The van der Waals surface area contributed by atoms with Gasteiger partial charge in [0.05, 0.1) is 12.2 Å². The van der Waals surface area contributed by atoms with E-state index in [9.17, 15) is 9.18 Å². The van der Waals surface area contributed by atoms with E-state index < -0.39 is 0 Å². The number of benzene rings is 1. The van der Waals surface area contributed by atoms with Crippen molar-refractivity contribution in [3.63, 3.8) is 0 Å². The highest BCUT2D eigenvalue weighted by Crippen LogP contribution is 2.19. The van der Waals surface area contributed by atoms with E-state index in [2.05, 4.69) is 5.32 Å². The lowest BCUT2D eigenvalue weighted by molar-refractivity contribution is -0.130. The third-order valence-electron chi connectivity index (χ3n) is 3.15. The number of carbonyl (C=O) groups excluding carboxylic acids is 1. The molecule has 4 nitrogen and oxygen atoms in total. The first-order valence-electron chi connectivity index (χ1n) is 6.14. The fraction of sp³-hybridized carbons (Fsp3) is 0.462. The second-order valence-electron chi connectivity index (χ2n) is 4.35. The molecule has 0 radical (unpaired) electrons. The van der Waals surface area contributed by atoms with Crippen LogP contribution in [0.25, 0.3) is 0 Å². The Bertz CT molecular complexity index is 416. The molecule has 1 saturated heterocycles. The van der Waals surface area contributed by atoms with Crippen LogP contribution in [0.1, 0.15) is 0 Å². The van der Waals surface area contributed by atoms with Gasteiger partial charge in [0.1, 0.15) is 5.82 Å². The highest BCUT2D eigenvalue weighted by atomic mass is 19.1. The van der Waals surface area contributed by atoms with E-state index in [0.29, 0.717) is 38.4 Å². The Balaban J connectivity index is 1.95. The molecule has 98 valence electrons. The van der Waals surface area contributed by atoms with E-state index in [1.54, 1.807) is 19.2 Å². The minimum atomic E-state index is -0.201. The second-order valence-corrected chi connectivity index (χ2v) is 4.35. The van der Waals surface area contributed by atoms with Crippen LogP contribution in [0.2, 0.25) is 0 Å². The lowest BCUT2D eigenvalue weighted by atomic mass is 10.2. The zero-order valence-electron chi connectivity index (χ0n) is 10.5. The molecule has 5 heteroatoms. The molecule has 2 rings (SSSR count). The number of para-hydroxylation sites is 1. The Kier molecular flexibility index (Phi) is 4.15. The van der Waals surface area contributed by atoms with Crippen molar-refractivity contribution in [1.82, 2.24) is 10.2 Å². The van der Waals surface area contributed by atoms with Gasteiger partial charge >= 0.3 is 0 Å². The molecule has 0 spiro atoms. The number of hydrogen-bond acceptors (Lipinski definition) is 3. The molecule has 1 heterocycles. The van der Waals surface area contributed by atoms with Crippen molar-refractivity contribution in [2.75, 3.05) is 44.7 Å². The summed E-state index contributed by atoms with van der Waals surface area (Å²) in [4.78, 5) is 15.5. The van der Waals surface area contributed by atoms with E-state index in [-0.39, 0.29) is 11.7 Å². The first-order valence-corrected chi connectivity index (χ1v) is 6.14. The largest absolute Gasteiger partial charge is 0.366 e. The molecule has 1 aliphatic rings. The van der Waals surface area contributed by atoms with Crippen LogP contribution in [-0.4, -0.2) is 50.6 Å². The van der Waals surface area contributed by atoms with Crippen LogP contribution in [0.15, 0.2) is 24.3 Å². The number of rotatable bonds is 3. The van der Waals surface area contributed by atoms with Crippen molar-refractivity contribution in [3.05, 3.63) is 30.1 Å². The molecule has 0 saturated carbocycles. The van der Waals surface area contributed by atoms with Crippen LogP contribution >= 0.6 is 0 Å². The quantitative estimate of drug-likeness (QED) is 0.858. The summed E-state index contributed by atoms with van der Waals surface area (Å²) in [6.45, 7) is 3.01. The second kappa shape index (κ2) is 5.82. The Morgan fingerprint density at radius 1 is 1.28 bits per heavy atom. The monoisotopic (exact) mass is 251 g/mol. The highest BCUT2D eigenvalue weighted by Gasteiger charge is 2.21. The summed E-state index contributed by atoms with van der Waals surface area (Å²) < 4.78 is 13.6. The van der Waals surface area contributed by atoms with Gasteiger partial charge in [-0.15, -0.1) is 0 Å². The number of nitrogens with one attached hydrogen (secondary N) is 1. The number of anilines is 1. The van der Waals surface area contributed by atoms with Gasteiger partial charge in [0.25, 0.3) is 0 Å². The lowest BCUT2D eigenvalue weighted by Gasteiger charge is -2.36. The van der Waals surface area contributed by atoms with Crippen molar-refractivity contribution in [3.8, 4) is 0 Å². The van der Waals surface area contributed by atoms with Gasteiger partial charge in [-0.3, -0.25) is 4.79 Å². The molecular formula is C13H18FN3O. The fourth-order valence-corrected chi connectivity index (χ4v) is 2.17. The number of piperazine rings is 1. The van der Waals surface area contributed by atoms with Crippen LogP contribution in [0.3, 0.4) is 0 Å².